The van der Waals surface area contributed by atoms with Crippen molar-refractivity contribution in [3.63, 3.8) is 0 Å². The number of para-hydroxylation sites is 1. The van der Waals surface area contributed by atoms with Crippen LogP contribution in [-0.4, -0.2) is 64.8 Å². The normalized spacial score (nSPS) is 31.5. The van der Waals surface area contributed by atoms with E-state index in [4.69, 9.17) is 14.2 Å². The Bertz CT molecular complexity index is 819. The molecule has 0 amide bonds. The van der Waals surface area contributed by atoms with Gasteiger partial charge in [-0.2, -0.15) is 0 Å². The minimum absolute atomic E-state index is 0.0113. The molecule has 7 nitrogen and oxygen atoms in total. The molecule has 2 aliphatic heterocycles. The zero-order valence-corrected chi connectivity index (χ0v) is 19.9. The van der Waals surface area contributed by atoms with Crippen molar-refractivity contribution in [2.75, 3.05) is 33.0 Å². The van der Waals surface area contributed by atoms with Gasteiger partial charge in [0.1, 0.15) is 11.0 Å². The van der Waals surface area contributed by atoms with E-state index in [2.05, 4.69) is 28.2 Å². The highest BCUT2D eigenvalue weighted by Crippen LogP contribution is 2.38. The molecule has 180 valence electrons. The molecule has 0 aromatic heterocycles. The summed E-state index contributed by atoms with van der Waals surface area (Å²) in [4.78, 5) is 0. The fraction of sp³-hybridized carbons (Fsp3) is 0.750. The zero-order valence-electron chi connectivity index (χ0n) is 19.1. The Morgan fingerprint density at radius 3 is 2.69 bits per heavy atom. The Morgan fingerprint density at radius 1 is 1.12 bits per heavy atom. The Morgan fingerprint density at radius 2 is 1.94 bits per heavy atom. The van der Waals surface area contributed by atoms with Crippen molar-refractivity contribution < 1.29 is 22.6 Å². The van der Waals surface area contributed by atoms with Crippen molar-refractivity contribution in [1.29, 1.82) is 0 Å². The topological polar surface area (TPSA) is 85.9 Å². The standard InChI is InChI=1S/C24H38N2O5S/c1-2-30-24-8-4-3-6-21(24)18-9-11-19(12-10-18)31-17-23-22(7-5-14-25-23)26-32(27,28)20-13-15-29-16-20/h3-4,6,8,18-20,22-23,25-26H,2,5,7,9-17H2,1H3/t18?,19?,20-,22-,23-/m0/s1. The van der Waals surface area contributed by atoms with Gasteiger partial charge in [0.05, 0.1) is 25.9 Å². The van der Waals surface area contributed by atoms with E-state index in [0.717, 1.165) is 50.8 Å². The molecule has 1 saturated carbocycles. The SMILES string of the molecule is CCOc1ccccc1C1CCC(OC[C@@H]2NCCC[C@@H]2NS(=O)(=O)[C@H]2CCOC2)CC1. The molecule has 1 aromatic carbocycles. The first-order valence-electron chi connectivity index (χ1n) is 12.2. The van der Waals surface area contributed by atoms with Gasteiger partial charge in [0.25, 0.3) is 0 Å². The van der Waals surface area contributed by atoms with E-state index >= 15 is 0 Å². The Hall–Kier alpha value is -1.19. The van der Waals surface area contributed by atoms with Gasteiger partial charge in [0, 0.05) is 18.7 Å². The molecule has 3 atom stereocenters. The third kappa shape index (κ3) is 6.03. The Kier molecular flexibility index (Phi) is 8.45. The van der Waals surface area contributed by atoms with Crippen LogP contribution in [0.1, 0.15) is 63.4 Å². The van der Waals surface area contributed by atoms with E-state index in [9.17, 15) is 8.42 Å². The second-order valence-corrected chi connectivity index (χ2v) is 11.2. The molecule has 0 radical (unpaired) electrons. The van der Waals surface area contributed by atoms with Crippen molar-refractivity contribution >= 4 is 10.0 Å². The summed E-state index contributed by atoms with van der Waals surface area (Å²) < 4.78 is 45.8. The summed E-state index contributed by atoms with van der Waals surface area (Å²) in [6.07, 6.45) is 6.84. The molecule has 2 saturated heterocycles. The van der Waals surface area contributed by atoms with Gasteiger partial charge in [-0.05, 0) is 76.0 Å². The molecule has 1 aliphatic carbocycles. The van der Waals surface area contributed by atoms with Crippen molar-refractivity contribution in [2.45, 2.75) is 81.2 Å². The summed E-state index contributed by atoms with van der Waals surface area (Å²) in [6, 6.07) is 8.27. The van der Waals surface area contributed by atoms with Crippen LogP contribution < -0.4 is 14.8 Å². The molecule has 0 bridgehead atoms. The van der Waals surface area contributed by atoms with Crippen LogP contribution >= 0.6 is 0 Å². The number of rotatable bonds is 9. The molecule has 8 heteroatoms. The summed E-state index contributed by atoms with van der Waals surface area (Å²) in [7, 11) is -3.36. The Balaban J connectivity index is 1.27. The lowest BCUT2D eigenvalue weighted by Gasteiger charge is -2.35. The molecule has 2 N–H and O–H groups in total. The predicted molar refractivity (Wildman–Crippen MR) is 125 cm³/mol. The van der Waals surface area contributed by atoms with E-state index in [1.807, 2.05) is 13.0 Å². The minimum Gasteiger partial charge on any atom is -0.494 e. The Labute approximate surface area is 192 Å². The van der Waals surface area contributed by atoms with Gasteiger partial charge in [0.15, 0.2) is 0 Å². The fourth-order valence-corrected chi connectivity index (χ4v) is 6.80. The van der Waals surface area contributed by atoms with Gasteiger partial charge in [-0.3, -0.25) is 0 Å². The van der Waals surface area contributed by atoms with Crippen LogP contribution in [0.5, 0.6) is 5.75 Å². The first-order chi connectivity index (χ1) is 15.6. The van der Waals surface area contributed by atoms with Crippen LogP contribution in [0.2, 0.25) is 0 Å². The maximum absolute atomic E-state index is 12.7. The van der Waals surface area contributed by atoms with Crippen molar-refractivity contribution in [1.82, 2.24) is 10.0 Å². The maximum Gasteiger partial charge on any atom is 0.217 e. The van der Waals surface area contributed by atoms with Crippen LogP contribution in [-0.2, 0) is 19.5 Å². The number of hydrogen-bond acceptors (Lipinski definition) is 6. The lowest BCUT2D eigenvalue weighted by Crippen LogP contribution is -2.57. The fourth-order valence-electron chi connectivity index (χ4n) is 5.22. The summed E-state index contributed by atoms with van der Waals surface area (Å²) in [6.45, 7) is 4.97. The van der Waals surface area contributed by atoms with Gasteiger partial charge in [-0.25, -0.2) is 13.1 Å². The molecule has 0 spiro atoms. The first-order valence-corrected chi connectivity index (χ1v) is 13.8. The molecule has 2 heterocycles. The van der Waals surface area contributed by atoms with Gasteiger partial charge in [-0.1, -0.05) is 18.2 Å². The van der Waals surface area contributed by atoms with Crippen LogP contribution in [0.25, 0.3) is 0 Å². The summed E-state index contributed by atoms with van der Waals surface area (Å²) in [5, 5.41) is 3.05. The quantitative estimate of drug-likeness (QED) is 0.582. The van der Waals surface area contributed by atoms with Crippen molar-refractivity contribution in [2.24, 2.45) is 0 Å². The lowest BCUT2D eigenvalue weighted by atomic mass is 9.82. The summed E-state index contributed by atoms with van der Waals surface area (Å²) in [5.74, 6) is 1.52. The maximum atomic E-state index is 12.7. The highest BCUT2D eigenvalue weighted by Gasteiger charge is 2.35. The second-order valence-electron chi connectivity index (χ2n) is 9.24. The van der Waals surface area contributed by atoms with Crippen LogP contribution in [0.4, 0.5) is 0 Å². The van der Waals surface area contributed by atoms with Crippen molar-refractivity contribution in [3.8, 4) is 5.75 Å². The van der Waals surface area contributed by atoms with Gasteiger partial charge >= 0.3 is 0 Å². The molecule has 1 aromatic rings. The van der Waals surface area contributed by atoms with E-state index in [0.29, 0.717) is 38.8 Å². The largest absolute Gasteiger partial charge is 0.494 e. The van der Waals surface area contributed by atoms with Gasteiger partial charge < -0.3 is 19.5 Å². The molecule has 3 aliphatic rings. The monoisotopic (exact) mass is 466 g/mol. The van der Waals surface area contributed by atoms with E-state index < -0.39 is 15.3 Å². The smallest absolute Gasteiger partial charge is 0.217 e. The third-order valence-corrected chi connectivity index (χ3v) is 8.95. The number of hydrogen-bond donors (Lipinski definition) is 2. The number of piperidine rings is 1. The second kappa shape index (κ2) is 11.3. The number of sulfonamides is 1. The predicted octanol–water partition coefficient (Wildman–Crippen LogP) is 2.96. The first kappa shape index (κ1) is 24.0. The number of nitrogens with one attached hydrogen (secondary N) is 2. The number of benzene rings is 1. The van der Waals surface area contributed by atoms with Gasteiger partial charge in [0.2, 0.25) is 10.0 Å². The molecule has 4 rings (SSSR count). The van der Waals surface area contributed by atoms with E-state index in [1.165, 1.54) is 5.56 Å². The van der Waals surface area contributed by atoms with Crippen LogP contribution in [0.3, 0.4) is 0 Å². The summed E-state index contributed by atoms with van der Waals surface area (Å²) in [5.41, 5.74) is 1.31. The molecule has 0 unspecified atom stereocenters. The minimum atomic E-state index is -3.36. The zero-order chi connectivity index (χ0) is 22.4. The molecular weight excluding hydrogens is 428 g/mol. The molecule has 3 fully saturated rings. The molecule has 32 heavy (non-hydrogen) atoms. The third-order valence-electron chi connectivity index (χ3n) is 7.07. The highest BCUT2D eigenvalue weighted by molar-refractivity contribution is 7.90. The average molecular weight is 467 g/mol. The van der Waals surface area contributed by atoms with Crippen LogP contribution in [0.15, 0.2) is 24.3 Å². The average Bonchev–Trinajstić information content (AvgIpc) is 3.36. The van der Waals surface area contributed by atoms with E-state index in [1.54, 1.807) is 0 Å². The highest BCUT2D eigenvalue weighted by atomic mass is 32.2. The molecular formula is C24H38N2O5S. The van der Waals surface area contributed by atoms with Crippen molar-refractivity contribution in [3.05, 3.63) is 29.8 Å². The summed E-state index contributed by atoms with van der Waals surface area (Å²) >= 11 is 0. The van der Waals surface area contributed by atoms with Gasteiger partial charge in [-0.15, -0.1) is 0 Å². The van der Waals surface area contributed by atoms with Crippen LogP contribution in [0, 0.1) is 0 Å². The lowest BCUT2D eigenvalue weighted by molar-refractivity contribution is 0.00508. The number of ether oxygens (including phenoxy) is 3. The van der Waals surface area contributed by atoms with E-state index in [-0.39, 0.29) is 18.2 Å².